The molecule has 0 radical (unpaired) electrons. The van der Waals surface area contributed by atoms with Crippen LogP contribution >= 0.6 is 0 Å². The lowest BCUT2D eigenvalue weighted by atomic mass is 10.1. The molecule has 2 aromatic heterocycles. The summed E-state index contributed by atoms with van der Waals surface area (Å²) in [6, 6.07) is 11.4. The lowest BCUT2D eigenvalue weighted by molar-refractivity contribution is 0.356. The molecule has 2 aromatic carbocycles. The van der Waals surface area contributed by atoms with Gasteiger partial charge in [0.05, 0.1) is 44.9 Å². The number of methoxy groups -OCH3 is 3. The zero-order chi connectivity index (χ0) is 18.8. The molecule has 0 saturated carbocycles. The first-order chi connectivity index (χ1) is 13.2. The summed E-state index contributed by atoms with van der Waals surface area (Å²) in [5, 5.41) is 13.7. The van der Waals surface area contributed by atoms with Gasteiger partial charge in [-0.1, -0.05) is 6.07 Å². The van der Waals surface area contributed by atoms with Gasteiger partial charge in [-0.3, -0.25) is 0 Å². The quantitative estimate of drug-likeness (QED) is 0.541. The van der Waals surface area contributed by atoms with Gasteiger partial charge in [0.2, 0.25) is 0 Å². The Hall–Kier alpha value is -3.61. The van der Waals surface area contributed by atoms with Crippen molar-refractivity contribution in [3.05, 3.63) is 55.0 Å². The second kappa shape index (κ2) is 6.95. The summed E-state index contributed by atoms with van der Waals surface area (Å²) < 4.78 is 17.9. The maximum atomic E-state index is 5.43. The topological polar surface area (TPSA) is 71.3 Å². The van der Waals surface area contributed by atoms with Gasteiger partial charge < -0.3 is 14.2 Å². The summed E-state index contributed by atoms with van der Waals surface area (Å²) >= 11 is 0. The zero-order valence-corrected chi connectivity index (χ0v) is 15.2. The van der Waals surface area contributed by atoms with E-state index < -0.39 is 0 Å². The smallest absolute Gasteiger partial charge is 0.162 e. The number of ether oxygens (including phenoxy) is 3. The second-order valence-electron chi connectivity index (χ2n) is 5.86. The van der Waals surface area contributed by atoms with E-state index in [2.05, 4.69) is 15.3 Å². The van der Waals surface area contributed by atoms with Crippen molar-refractivity contribution in [2.75, 3.05) is 21.3 Å². The lowest BCUT2D eigenvalue weighted by Gasteiger charge is -2.10. The monoisotopic (exact) mass is 362 g/mol. The van der Waals surface area contributed by atoms with Crippen molar-refractivity contribution in [1.82, 2.24) is 20.0 Å². The van der Waals surface area contributed by atoms with Gasteiger partial charge in [0, 0.05) is 34.8 Å². The maximum Gasteiger partial charge on any atom is 0.162 e. The third-order valence-corrected chi connectivity index (χ3v) is 4.36. The van der Waals surface area contributed by atoms with Crippen molar-refractivity contribution in [2.45, 2.75) is 0 Å². The fraction of sp³-hybridized carbons (Fsp3) is 0.150. The summed E-state index contributed by atoms with van der Waals surface area (Å²) in [7, 11) is 4.85. The zero-order valence-electron chi connectivity index (χ0n) is 15.2. The molecular weight excluding hydrogens is 344 g/mol. The van der Waals surface area contributed by atoms with Crippen molar-refractivity contribution in [2.24, 2.45) is 0 Å². The van der Waals surface area contributed by atoms with E-state index in [9.17, 15) is 0 Å². The van der Waals surface area contributed by atoms with E-state index in [1.807, 2.05) is 42.6 Å². The number of nitrogens with zero attached hydrogens (tertiary/aromatic N) is 4. The van der Waals surface area contributed by atoms with Gasteiger partial charge in [0.1, 0.15) is 5.75 Å². The molecule has 4 aromatic rings. The maximum absolute atomic E-state index is 5.43. The fourth-order valence-electron chi connectivity index (χ4n) is 2.97. The normalized spacial score (nSPS) is 10.8. The summed E-state index contributed by atoms with van der Waals surface area (Å²) in [6.45, 7) is 0. The number of hydrogen-bond donors (Lipinski definition) is 0. The summed E-state index contributed by atoms with van der Waals surface area (Å²) in [5.41, 5.74) is 3.46. The van der Waals surface area contributed by atoms with Gasteiger partial charge in [-0.25, -0.2) is 4.68 Å². The van der Waals surface area contributed by atoms with Crippen LogP contribution in [-0.4, -0.2) is 41.3 Å². The Morgan fingerprint density at radius 1 is 0.889 bits per heavy atom. The van der Waals surface area contributed by atoms with Crippen LogP contribution in [0.5, 0.6) is 17.2 Å². The number of benzene rings is 2. The average molecular weight is 362 g/mol. The Morgan fingerprint density at radius 3 is 2.48 bits per heavy atom. The Labute approximate surface area is 156 Å². The highest BCUT2D eigenvalue weighted by Gasteiger charge is 2.13. The molecule has 0 atom stereocenters. The van der Waals surface area contributed by atoms with Crippen LogP contribution in [0.15, 0.2) is 55.0 Å². The molecule has 0 amide bonds. The average Bonchev–Trinajstić information content (AvgIpc) is 3.22. The van der Waals surface area contributed by atoms with Crippen LogP contribution in [0.25, 0.3) is 27.7 Å². The van der Waals surface area contributed by atoms with E-state index >= 15 is 0 Å². The minimum atomic E-state index is 0.614. The van der Waals surface area contributed by atoms with Crippen LogP contribution in [-0.2, 0) is 0 Å². The third-order valence-electron chi connectivity index (χ3n) is 4.36. The van der Waals surface area contributed by atoms with E-state index in [4.69, 9.17) is 14.2 Å². The standard InChI is InChI=1S/C20H18N4O3/c1-25-15-6-4-5-14(7-15)24-12-13(10-22-24)17-11-21-23-18-9-20(27-3)19(26-2)8-16(17)18/h4-12H,1-3H3. The van der Waals surface area contributed by atoms with Gasteiger partial charge in [-0.15, -0.1) is 0 Å². The van der Waals surface area contributed by atoms with E-state index in [1.54, 1.807) is 38.4 Å². The largest absolute Gasteiger partial charge is 0.497 e. The second-order valence-corrected chi connectivity index (χ2v) is 5.86. The summed E-state index contributed by atoms with van der Waals surface area (Å²) in [5.74, 6) is 2.03. The Morgan fingerprint density at radius 2 is 1.70 bits per heavy atom. The van der Waals surface area contributed by atoms with E-state index in [-0.39, 0.29) is 0 Å². The molecule has 0 saturated heterocycles. The number of aromatic nitrogens is 4. The van der Waals surface area contributed by atoms with Gasteiger partial charge in [0.15, 0.2) is 11.5 Å². The van der Waals surface area contributed by atoms with Crippen molar-refractivity contribution < 1.29 is 14.2 Å². The highest BCUT2D eigenvalue weighted by molar-refractivity contribution is 5.95. The molecule has 0 N–H and O–H groups in total. The third kappa shape index (κ3) is 3.03. The molecule has 2 heterocycles. The van der Waals surface area contributed by atoms with Gasteiger partial charge >= 0.3 is 0 Å². The summed E-state index contributed by atoms with van der Waals surface area (Å²) in [6.07, 6.45) is 5.47. The molecule has 0 bridgehead atoms. The molecule has 0 aliphatic carbocycles. The number of rotatable bonds is 5. The highest BCUT2D eigenvalue weighted by Crippen LogP contribution is 2.35. The highest BCUT2D eigenvalue weighted by atomic mass is 16.5. The first kappa shape index (κ1) is 16.8. The molecule has 0 aliphatic heterocycles. The molecule has 7 nitrogen and oxygen atoms in total. The van der Waals surface area contributed by atoms with Crippen molar-refractivity contribution in [3.63, 3.8) is 0 Å². The van der Waals surface area contributed by atoms with Gasteiger partial charge in [-0.05, 0) is 18.2 Å². The molecule has 0 spiro atoms. The van der Waals surface area contributed by atoms with Crippen molar-refractivity contribution in [1.29, 1.82) is 0 Å². The minimum absolute atomic E-state index is 0.614. The molecule has 7 heteroatoms. The molecule has 0 aliphatic rings. The van der Waals surface area contributed by atoms with Crippen molar-refractivity contribution in [3.8, 4) is 34.1 Å². The van der Waals surface area contributed by atoms with Crippen LogP contribution in [0.1, 0.15) is 0 Å². The van der Waals surface area contributed by atoms with E-state index in [1.165, 1.54) is 0 Å². The predicted molar refractivity (Wildman–Crippen MR) is 102 cm³/mol. The van der Waals surface area contributed by atoms with Crippen LogP contribution in [0, 0.1) is 0 Å². The number of hydrogen-bond acceptors (Lipinski definition) is 6. The Balaban J connectivity index is 1.82. The SMILES string of the molecule is COc1cccc(-n2cc(-c3cnnc4cc(OC)c(OC)cc34)cn2)c1. The number of fused-ring (bicyclic) bond motifs is 1. The van der Waals surface area contributed by atoms with Crippen LogP contribution in [0.2, 0.25) is 0 Å². The molecule has 27 heavy (non-hydrogen) atoms. The first-order valence-electron chi connectivity index (χ1n) is 8.30. The minimum Gasteiger partial charge on any atom is -0.497 e. The van der Waals surface area contributed by atoms with Gasteiger partial charge in [0.25, 0.3) is 0 Å². The molecular formula is C20H18N4O3. The lowest BCUT2D eigenvalue weighted by Crippen LogP contribution is -1.95. The van der Waals surface area contributed by atoms with Crippen LogP contribution < -0.4 is 14.2 Å². The fourth-order valence-corrected chi connectivity index (χ4v) is 2.97. The van der Waals surface area contributed by atoms with Crippen molar-refractivity contribution >= 4 is 10.9 Å². The molecule has 0 fully saturated rings. The van der Waals surface area contributed by atoms with Crippen LogP contribution in [0.4, 0.5) is 0 Å². The Kier molecular flexibility index (Phi) is 4.33. The Bertz CT molecular complexity index is 1110. The molecule has 4 rings (SSSR count). The predicted octanol–water partition coefficient (Wildman–Crippen LogP) is 3.51. The van der Waals surface area contributed by atoms with Crippen LogP contribution in [0.3, 0.4) is 0 Å². The molecule has 136 valence electrons. The van der Waals surface area contributed by atoms with E-state index in [0.29, 0.717) is 11.5 Å². The summed E-state index contributed by atoms with van der Waals surface area (Å²) in [4.78, 5) is 0. The first-order valence-corrected chi connectivity index (χ1v) is 8.30. The molecule has 0 unspecified atom stereocenters. The van der Waals surface area contributed by atoms with Gasteiger partial charge in [-0.2, -0.15) is 15.3 Å². The van der Waals surface area contributed by atoms with E-state index in [0.717, 1.165) is 33.5 Å².